The first kappa shape index (κ1) is 19.6. The van der Waals surface area contributed by atoms with E-state index in [-0.39, 0.29) is 23.0 Å². The maximum atomic E-state index is 13.2. The van der Waals surface area contributed by atoms with Crippen molar-refractivity contribution in [2.75, 3.05) is 6.54 Å². The van der Waals surface area contributed by atoms with E-state index in [0.717, 1.165) is 24.0 Å². The van der Waals surface area contributed by atoms with Gasteiger partial charge in [-0.15, -0.1) is 11.8 Å². The zero-order valence-corrected chi connectivity index (χ0v) is 16.5. The van der Waals surface area contributed by atoms with Gasteiger partial charge >= 0.3 is 0 Å². The van der Waals surface area contributed by atoms with Crippen LogP contribution in [0.3, 0.4) is 0 Å². The average Bonchev–Trinajstić information content (AvgIpc) is 3.53. The third-order valence-corrected chi connectivity index (χ3v) is 6.28. The highest BCUT2D eigenvalue weighted by Gasteiger charge is 2.44. The summed E-state index contributed by atoms with van der Waals surface area (Å²) in [6.07, 6.45) is 3.60. The first-order chi connectivity index (χ1) is 14.1. The van der Waals surface area contributed by atoms with Crippen LogP contribution in [0.5, 0.6) is 0 Å². The number of amides is 1. The van der Waals surface area contributed by atoms with Crippen molar-refractivity contribution in [3.05, 3.63) is 95.2 Å². The Bertz CT molecular complexity index is 1000. The van der Waals surface area contributed by atoms with Gasteiger partial charge in [0.05, 0.1) is 5.56 Å². The zero-order chi connectivity index (χ0) is 20.3. The lowest BCUT2D eigenvalue weighted by Crippen LogP contribution is -2.32. The number of hydrogen-bond acceptors (Lipinski definition) is 3. The maximum absolute atomic E-state index is 13.2. The molecule has 0 radical (unpaired) electrons. The molecule has 0 spiro atoms. The van der Waals surface area contributed by atoms with Crippen molar-refractivity contribution in [3.63, 3.8) is 0 Å². The topological polar surface area (TPSA) is 42.0 Å². The number of nitrogens with zero attached hydrogens (tertiary/aromatic N) is 1. The van der Waals surface area contributed by atoms with E-state index < -0.39 is 0 Å². The fourth-order valence-corrected chi connectivity index (χ4v) is 4.22. The Morgan fingerprint density at radius 3 is 2.31 bits per heavy atom. The van der Waals surface area contributed by atoms with Crippen LogP contribution in [-0.2, 0) is 11.2 Å². The van der Waals surface area contributed by atoms with Crippen LogP contribution in [0.25, 0.3) is 0 Å². The average molecular weight is 410 g/mol. The number of hydrogen-bond donors (Lipinski definition) is 1. The Hall–Kier alpha value is -2.73. The summed E-state index contributed by atoms with van der Waals surface area (Å²) in [5.74, 6) is -0.108. The maximum Gasteiger partial charge on any atom is 0.254 e. The quantitative estimate of drug-likeness (QED) is 0.550. The number of aromatic nitrogens is 1. The Kier molecular flexibility index (Phi) is 5.62. The molecular weight excluding hydrogens is 390 g/mol. The molecule has 0 atom stereocenters. The standard InChI is InChI=1S/C23H20F2N2OS/c24-18-7-3-16(4-8-18)14-29-22-20(2-1-13-26-22)21(28)27-15-23(11-12-23)17-5-9-19(25)10-6-17/h1-10,13H,11-12,14-15H2,(H,27,28). The second kappa shape index (κ2) is 8.33. The van der Waals surface area contributed by atoms with Gasteiger partial charge in [-0.05, 0) is 60.4 Å². The summed E-state index contributed by atoms with van der Waals surface area (Å²) in [7, 11) is 0. The number of benzene rings is 2. The highest BCUT2D eigenvalue weighted by molar-refractivity contribution is 7.98. The summed E-state index contributed by atoms with van der Waals surface area (Å²) in [6.45, 7) is 0.508. The summed E-state index contributed by atoms with van der Waals surface area (Å²) >= 11 is 1.45. The van der Waals surface area contributed by atoms with E-state index in [1.165, 1.54) is 36.0 Å². The zero-order valence-electron chi connectivity index (χ0n) is 15.7. The predicted molar refractivity (Wildman–Crippen MR) is 110 cm³/mol. The second-order valence-corrected chi connectivity index (χ2v) is 8.21. The summed E-state index contributed by atoms with van der Waals surface area (Å²) in [5, 5.41) is 3.67. The molecule has 3 nitrogen and oxygen atoms in total. The number of thioether (sulfide) groups is 1. The number of carbonyl (C=O) groups is 1. The molecule has 4 rings (SSSR count). The van der Waals surface area contributed by atoms with E-state index in [1.807, 2.05) is 0 Å². The van der Waals surface area contributed by atoms with Gasteiger partial charge in [0, 0.05) is 23.9 Å². The molecule has 1 aromatic heterocycles. The van der Waals surface area contributed by atoms with Gasteiger partial charge in [-0.25, -0.2) is 13.8 Å². The molecule has 2 aromatic carbocycles. The van der Waals surface area contributed by atoms with Crippen LogP contribution in [0.2, 0.25) is 0 Å². The molecule has 1 saturated carbocycles. The van der Waals surface area contributed by atoms with E-state index in [2.05, 4.69) is 10.3 Å². The first-order valence-corrected chi connectivity index (χ1v) is 10.4. The summed E-state index contributed by atoms with van der Waals surface area (Å²) in [5.41, 5.74) is 2.43. The molecule has 0 saturated heterocycles. The molecule has 1 aliphatic rings. The highest BCUT2D eigenvalue weighted by Crippen LogP contribution is 2.47. The van der Waals surface area contributed by atoms with Crippen molar-refractivity contribution < 1.29 is 13.6 Å². The molecular formula is C23H20F2N2OS. The van der Waals surface area contributed by atoms with Crippen molar-refractivity contribution in [1.82, 2.24) is 10.3 Å². The lowest BCUT2D eigenvalue weighted by Gasteiger charge is -2.17. The van der Waals surface area contributed by atoms with Crippen molar-refractivity contribution in [2.24, 2.45) is 0 Å². The van der Waals surface area contributed by atoms with Crippen LogP contribution >= 0.6 is 11.8 Å². The summed E-state index contributed by atoms with van der Waals surface area (Å²) < 4.78 is 26.3. The number of carbonyl (C=O) groups excluding carboxylic acids is 1. The van der Waals surface area contributed by atoms with E-state index in [1.54, 1.807) is 42.6 Å². The van der Waals surface area contributed by atoms with Crippen LogP contribution in [0.1, 0.15) is 34.3 Å². The Balaban J connectivity index is 1.41. The van der Waals surface area contributed by atoms with Crippen molar-refractivity contribution in [3.8, 4) is 0 Å². The SMILES string of the molecule is O=C(NCC1(c2ccc(F)cc2)CC1)c1cccnc1SCc1ccc(F)cc1. The minimum absolute atomic E-state index is 0.104. The molecule has 1 aliphatic carbocycles. The number of pyridine rings is 1. The molecule has 1 amide bonds. The number of nitrogens with one attached hydrogen (secondary N) is 1. The molecule has 0 unspecified atom stereocenters. The number of halogens is 2. The Labute approximate surface area is 172 Å². The van der Waals surface area contributed by atoms with Gasteiger partial charge in [0.1, 0.15) is 16.7 Å². The normalized spacial score (nSPS) is 14.4. The van der Waals surface area contributed by atoms with Gasteiger partial charge in [0.15, 0.2) is 0 Å². The van der Waals surface area contributed by atoms with Gasteiger partial charge in [0.25, 0.3) is 5.91 Å². The minimum atomic E-state index is -0.271. The fourth-order valence-electron chi connectivity index (χ4n) is 3.28. The van der Waals surface area contributed by atoms with Crippen LogP contribution in [0.4, 0.5) is 8.78 Å². The van der Waals surface area contributed by atoms with Crippen LogP contribution in [0.15, 0.2) is 71.9 Å². The smallest absolute Gasteiger partial charge is 0.254 e. The van der Waals surface area contributed by atoms with Crippen LogP contribution in [-0.4, -0.2) is 17.4 Å². The van der Waals surface area contributed by atoms with Gasteiger partial charge < -0.3 is 5.32 Å². The Morgan fingerprint density at radius 1 is 1.00 bits per heavy atom. The highest BCUT2D eigenvalue weighted by atomic mass is 32.2. The second-order valence-electron chi connectivity index (χ2n) is 7.24. The van der Waals surface area contributed by atoms with E-state index in [4.69, 9.17) is 0 Å². The van der Waals surface area contributed by atoms with E-state index in [9.17, 15) is 13.6 Å². The van der Waals surface area contributed by atoms with Gasteiger partial charge in [-0.1, -0.05) is 24.3 Å². The minimum Gasteiger partial charge on any atom is -0.351 e. The molecule has 1 N–H and O–H groups in total. The lowest BCUT2D eigenvalue weighted by atomic mass is 9.96. The summed E-state index contributed by atoms with van der Waals surface area (Å²) in [4.78, 5) is 17.2. The molecule has 148 valence electrons. The molecule has 29 heavy (non-hydrogen) atoms. The molecule has 0 aliphatic heterocycles. The molecule has 0 bridgehead atoms. The van der Waals surface area contributed by atoms with Crippen LogP contribution < -0.4 is 5.32 Å². The summed E-state index contributed by atoms with van der Waals surface area (Å²) in [6, 6.07) is 16.3. The first-order valence-electron chi connectivity index (χ1n) is 9.42. The van der Waals surface area contributed by atoms with Gasteiger partial charge in [-0.2, -0.15) is 0 Å². The molecule has 3 aromatic rings. The predicted octanol–water partition coefficient (Wildman–Crippen LogP) is 5.11. The van der Waals surface area contributed by atoms with Crippen molar-refractivity contribution in [1.29, 1.82) is 0 Å². The van der Waals surface area contributed by atoms with Gasteiger partial charge in [-0.3, -0.25) is 4.79 Å². The molecule has 6 heteroatoms. The third-order valence-electron chi connectivity index (χ3n) is 5.20. The van der Waals surface area contributed by atoms with Crippen molar-refractivity contribution >= 4 is 17.7 Å². The lowest BCUT2D eigenvalue weighted by molar-refractivity contribution is 0.0946. The monoisotopic (exact) mass is 410 g/mol. The third kappa shape index (κ3) is 4.65. The van der Waals surface area contributed by atoms with E-state index >= 15 is 0 Å². The molecule has 1 fully saturated rings. The fraction of sp³-hybridized carbons (Fsp3) is 0.217. The van der Waals surface area contributed by atoms with Crippen molar-refractivity contribution in [2.45, 2.75) is 29.0 Å². The van der Waals surface area contributed by atoms with Gasteiger partial charge in [0.2, 0.25) is 0 Å². The van der Waals surface area contributed by atoms with E-state index in [0.29, 0.717) is 22.9 Å². The Morgan fingerprint density at radius 2 is 1.66 bits per heavy atom. The van der Waals surface area contributed by atoms with Crippen LogP contribution in [0, 0.1) is 11.6 Å². The molecule has 1 heterocycles. The number of rotatable bonds is 7. The largest absolute Gasteiger partial charge is 0.351 e.